The van der Waals surface area contributed by atoms with Gasteiger partial charge in [-0.3, -0.25) is 4.21 Å². The van der Waals surface area contributed by atoms with Crippen molar-refractivity contribution in [2.75, 3.05) is 18.1 Å². The first kappa shape index (κ1) is 12.5. The fraction of sp³-hybridized carbons (Fsp3) is 0.500. The van der Waals surface area contributed by atoms with Crippen LogP contribution in [0.1, 0.15) is 19.3 Å². The molecule has 2 atom stereocenters. The second-order valence-corrected chi connectivity index (χ2v) is 5.76. The molecule has 1 aliphatic rings. The third kappa shape index (κ3) is 3.51. The highest BCUT2D eigenvalue weighted by atomic mass is 32.2. The van der Waals surface area contributed by atoms with Crippen molar-refractivity contribution < 1.29 is 13.3 Å². The first-order valence-electron chi connectivity index (χ1n) is 5.71. The Morgan fingerprint density at radius 2 is 2.29 bits per heavy atom. The van der Waals surface area contributed by atoms with Crippen LogP contribution in [0.3, 0.4) is 0 Å². The number of ether oxygens (including phenoxy) is 1. The van der Waals surface area contributed by atoms with Gasteiger partial charge in [-0.05, 0) is 37.5 Å². The molecule has 0 bridgehead atoms. The van der Waals surface area contributed by atoms with Crippen molar-refractivity contribution in [2.45, 2.75) is 30.3 Å². The number of rotatable bonds is 4. The Kier molecular flexibility index (Phi) is 4.12. The van der Waals surface area contributed by atoms with Crippen LogP contribution in [0.4, 0.5) is 10.1 Å². The molecule has 0 aromatic heterocycles. The number of nitrogens with two attached hydrogens (primary N) is 1. The molecule has 2 rings (SSSR count). The van der Waals surface area contributed by atoms with Crippen LogP contribution in [-0.2, 0) is 15.5 Å². The van der Waals surface area contributed by atoms with E-state index in [4.69, 9.17) is 10.5 Å². The van der Waals surface area contributed by atoms with Crippen LogP contribution in [0.25, 0.3) is 0 Å². The molecule has 0 saturated carbocycles. The maximum atomic E-state index is 13.1. The molecule has 1 aliphatic heterocycles. The summed E-state index contributed by atoms with van der Waals surface area (Å²) in [5.74, 6) is 0.0542. The summed E-state index contributed by atoms with van der Waals surface area (Å²) >= 11 is 0. The van der Waals surface area contributed by atoms with Crippen molar-refractivity contribution in [3.8, 4) is 0 Å². The first-order valence-corrected chi connectivity index (χ1v) is 7.03. The van der Waals surface area contributed by atoms with Crippen molar-refractivity contribution >= 4 is 16.5 Å². The van der Waals surface area contributed by atoms with E-state index in [1.165, 1.54) is 12.1 Å². The van der Waals surface area contributed by atoms with Gasteiger partial charge in [0.2, 0.25) is 0 Å². The van der Waals surface area contributed by atoms with E-state index in [1.807, 2.05) is 0 Å². The zero-order chi connectivity index (χ0) is 12.3. The molecule has 1 aromatic rings. The quantitative estimate of drug-likeness (QED) is 0.840. The van der Waals surface area contributed by atoms with Gasteiger partial charge in [-0.2, -0.15) is 0 Å². The minimum Gasteiger partial charge on any atom is -0.399 e. The Bertz CT molecular complexity index is 399. The maximum absolute atomic E-state index is 13.1. The van der Waals surface area contributed by atoms with Gasteiger partial charge >= 0.3 is 0 Å². The van der Waals surface area contributed by atoms with Crippen LogP contribution in [0.5, 0.6) is 0 Å². The minimum absolute atomic E-state index is 0.213. The van der Waals surface area contributed by atoms with Gasteiger partial charge in [-0.1, -0.05) is 0 Å². The summed E-state index contributed by atoms with van der Waals surface area (Å²) in [5, 5.41) is 0. The van der Waals surface area contributed by atoms with Crippen LogP contribution in [0, 0.1) is 5.82 Å². The molecule has 5 heteroatoms. The van der Waals surface area contributed by atoms with Crippen LogP contribution >= 0.6 is 0 Å². The zero-order valence-corrected chi connectivity index (χ0v) is 10.3. The monoisotopic (exact) mass is 257 g/mol. The Balaban J connectivity index is 1.94. The molecule has 2 N–H and O–H groups in total. The zero-order valence-electron chi connectivity index (χ0n) is 9.52. The van der Waals surface area contributed by atoms with E-state index in [1.54, 1.807) is 6.07 Å². The third-order valence-electron chi connectivity index (χ3n) is 2.81. The average molecular weight is 257 g/mol. The highest BCUT2D eigenvalue weighted by Gasteiger charge is 2.17. The topological polar surface area (TPSA) is 52.3 Å². The van der Waals surface area contributed by atoms with E-state index in [9.17, 15) is 8.60 Å². The summed E-state index contributed by atoms with van der Waals surface area (Å²) in [6.07, 6.45) is 3.07. The molecule has 1 heterocycles. The molecule has 3 nitrogen and oxygen atoms in total. The van der Waals surface area contributed by atoms with Crippen molar-refractivity contribution in [1.29, 1.82) is 0 Å². The SMILES string of the molecule is Nc1cc(F)cc(S(=O)CCC2CCCO2)c1. The molecular weight excluding hydrogens is 241 g/mol. The van der Waals surface area contributed by atoms with Gasteiger partial charge in [-0.15, -0.1) is 0 Å². The number of anilines is 1. The second kappa shape index (κ2) is 5.60. The van der Waals surface area contributed by atoms with Crippen molar-refractivity contribution in [1.82, 2.24) is 0 Å². The average Bonchev–Trinajstić information content (AvgIpc) is 2.77. The van der Waals surface area contributed by atoms with E-state index in [0.29, 0.717) is 16.3 Å². The lowest BCUT2D eigenvalue weighted by Crippen LogP contribution is -2.10. The molecule has 2 unspecified atom stereocenters. The molecule has 1 fully saturated rings. The van der Waals surface area contributed by atoms with Gasteiger partial charge in [0.15, 0.2) is 0 Å². The molecule has 0 aliphatic carbocycles. The number of benzene rings is 1. The summed E-state index contributed by atoms with van der Waals surface area (Å²) in [6, 6.07) is 4.07. The van der Waals surface area contributed by atoms with Gasteiger partial charge in [0, 0.05) is 22.9 Å². The summed E-state index contributed by atoms with van der Waals surface area (Å²) < 4.78 is 30.5. The van der Waals surface area contributed by atoms with Gasteiger partial charge in [0.25, 0.3) is 0 Å². The van der Waals surface area contributed by atoms with Crippen LogP contribution in [0.2, 0.25) is 0 Å². The number of halogens is 1. The molecule has 94 valence electrons. The molecule has 0 amide bonds. The third-order valence-corrected chi connectivity index (χ3v) is 4.17. The number of hydrogen-bond acceptors (Lipinski definition) is 3. The Morgan fingerprint density at radius 1 is 1.47 bits per heavy atom. The van der Waals surface area contributed by atoms with E-state index >= 15 is 0 Å². The number of hydrogen-bond donors (Lipinski definition) is 1. The Hall–Kier alpha value is -0.940. The lowest BCUT2D eigenvalue weighted by molar-refractivity contribution is 0.109. The Morgan fingerprint density at radius 3 is 2.94 bits per heavy atom. The summed E-state index contributed by atoms with van der Waals surface area (Å²) in [4.78, 5) is 0.459. The second-order valence-electron chi connectivity index (χ2n) is 4.19. The van der Waals surface area contributed by atoms with Crippen molar-refractivity contribution in [3.63, 3.8) is 0 Å². The molecule has 1 aromatic carbocycles. The summed E-state index contributed by atoms with van der Waals surface area (Å²) in [5.41, 5.74) is 5.83. The summed E-state index contributed by atoms with van der Waals surface area (Å²) in [7, 11) is -1.20. The predicted octanol–water partition coefficient (Wildman–Crippen LogP) is 2.08. The highest BCUT2D eigenvalue weighted by Crippen LogP contribution is 2.19. The maximum Gasteiger partial charge on any atom is 0.126 e. The highest BCUT2D eigenvalue weighted by molar-refractivity contribution is 7.85. The molecule has 17 heavy (non-hydrogen) atoms. The fourth-order valence-corrected chi connectivity index (χ4v) is 3.17. The fourth-order valence-electron chi connectivity index (χ4n) is 1.94. The van der Waals surface area contributed by atoms with Gasteiger partial charge in [0.05, 0.1) is 16.9 Å². The van der Waals surface area contributed by atoms with E-state index in [-0.39, 0.29) is 6.10 Å². The van der Waals surface area contributed by atoms with Gasteiger partial charge in [-0.25, -0.2) is 4.39 Å². The van der Waals surface area contributed by atoms with Crippen LogP contribution < -0.4 is 5.73 Å². The number of nitrogen functional groups attached to an aromatic ring is 1. The van der Waals surface area contributed by atoms with E-state index < -0.39 is 16.6 Å². The van der Waals surface area contributed by atoms with Crippen molar-refractivity contribution in [2.24, 2.45) is 0 Å². The van der Waals surface area contributed by atoms with Crippen LogP contribution in [-0.4, -0.2) is 22.7 Å². The minimum atomic E-state index is -1.20. The lowest BCUT2D eigenvalue weighted by atomic mass is 10.2. The predicted molar refractivity (Wildman–Crippen MR) is 65.7 cm³/mol. The van der Waals surface area contributed by atoms with Crippen molar-refractivity contribution in [3.05, 3.63) is 24.0 Å². The first-order chi connectivity index (χ1) is 8.15. The molecular formula is C12H16FNO2S. The molecule has 0 radical (unpaired) electrons. The Labute approximate surface area is 103 Å². The molecule has 1 saturated heterocycles. The largest absolute Gasteiger partial charge is 0.399 e. The smallest absolute Gasteiger partial charge is 0.126 e. The lowest BCUT2D eigenvalue weighted by Gasteiger charge is -2.09. The molecule has 0 spiro atoms. The van der Waals surface area contributed by atoms with Crippen LogP contribution in [0.15, 0.2) is 23.1 Å². The standard InChI is InChI=1S/C12H16FNO2S/c13-9-6-10(14)8-12(7-9)17(15)5-3-11-2-1-4-16-11/h6-8,11H,1-5,14H2. The van der Waals surface area contributed by atoms with E-state index in [2.05, 4.69) is 0 Å². The van der Waals surface area contributed by atoms with Gasteiger partial charge in [0.1, 0.15) is 5.82 Å². The van der Waals surface area contributed by atoms with Gasteiger partial charge < -0.3 is 10.5 Å². The normalized spacial score (nSPS) is 21.6. The van der Waals surface area contributed by atoms with E-state index in [0.717, 1.165) is 25.9 Å². The summed E-state index contributed by atoms with van der Waals surface area (Å²) in [6.45, 7) is 0.796.